The molecule has 2 saturated heterocycles. The molecule has 1 aromatic heterocycles. The maximum Gasteiger partial charge on any atom is 0.227 e. The molecule has 5 rings (SSSR count). The molecule has 3 heterocycles. The summed E-state index contributed by atoms with van der Waals surface area (Å²) in [6.07, 6.45) is 8.09. The van der Waals surface area contributed by atoms with Crippen LogP contribution in [0.2, 0.25) is 0 Å². The van der Waals surface area contributed by atoms with E-state index in [9.17, 15) is 9.18 Å². The van der Waals surface area contributed by atoms with Crippen LogP contribution in [0.4, 0.5) is 4.39 Å². The number of benzene rings is 2. The smallest absolute Gasteiger partial charge is 0.227 e. The van der Waals surface area contributed by atoms with E-state index in [0.29, 0.717) is 19.8 Å². The third-order valence-corrected chi connectivity index (χ3v) is 7.38. The molecule has 0 bridgehead atoms. The highest BCUT2D eigenvalue weighted by molar-refractivity contribution is 5.79. The molecule has 1 amide bonds. The van der Waals surface area contributed by atoms with Crippen LogP contribution >= 0.6 is 0 Å². The SMILES string of the molecule is O=C(Cc1ccc(-n2cccn2)cc1)N(Cc1ccc(F)cc1)C1CCN(CCC2CCOCO2)CC1. The first-order chi connectivity index (χ1) is 18.1. The zero-order valence-electron chi connectivity index (χ0n) is 21.2. The number of hydrogen-bond acceptors (Lipinski definition) is 5. The van der Waals surface area contributed by atoms with Gasteiger partial charge in [-0.15, -0.1) is 0 Å². The van der Waals surface area contributed by atoms with Crippen LogP contribution < -0.4 is 0 Å². The fourth-order valence-electron chi connectivity index (χ4n) is 5.18. The second-order valence-electron chi connectivity index (χ2n) is 9.91. The number of carbonyl (C=O) groups excluding carboxylic acids is 1. The van der Waals surface area contributed by atoms with E-state index in [1.54, 1.807) is 23.0 Å². The Morgan fingerprint density at radius 3 is 2.46 bits per heavy atom. The lowest BCUT2D eigenvalue weighted by molar-refractivity contribution is -0.142. The Hall–Kier alpha value is -3.07. The first-order valence-corrected chi connectivity index (χ1v) is 13.2. The van der Waals surface area contributed by atoms with Gasteiger partial charge in [-0.3, -0.25) is 4.79 Å². The van der Waals surface area contributed by atoms with Gasteiger partial charge in [-0.25, -0.2) is 9.07 Å². The van der Waals surface area contributed by atoms with Gasteiger partial charge in [-0.2, -0.15) is 5.10 Å². The van der Waals surface area contributed by atoms with Crippen LogP contribution in [-0.4, -0.2) is 70.7 Å². The zero-order chi connectivity index (χ0) is 25.5. The van der Waals surface area contributed by atoms with E-state index in [4.69, 9.17) is 9.47 Å². The second-order valence-corrected chi connectivity index (χ2v) is 9.91. The molecule has 2 aliphatic heterocycles. The number of piperidine rings is 1. The number of aromatic nitrogens is 2. The predicted molar refractivity (Wildman–Crippen MR) is 139 cm³/mol. The minimum Gasteiger partial charge on any atom is -0.355 e. The van der Waals surface area contributed by atoms with E-state index < -0.39 is 0 Å². The summed E-state index contributed by atoms with van der Waals surface area (Å²) in [5.41, 5.74) is 2.88. The highest BCUT2D eigenvalue weighted by Crippen LogP contribution is 2.22. The van der Waals surface area contributed by atoms with Crippen LogP contribution in [0.1, 0.15) is 36.8 Å². The standard InChI is InChI=1S/C29H35FN4O3/c30-25-6-2-24(3-7-25)21-33(26-10-16-32(17-11-26)18-12-28-13-19-36-22-37-28)29(35)20-23-4-8-27(9-5-23)34-15-1-14-31-34/h1-9,14-15,26,28H,10-13,16-22H2. The van der Waals surface area contributed by atoms with Crippen molar-refractivity contribution in [1.29, 1.82) is 0 Å². The van der Waals surface area contributed by atoms with Crippen molar-refractivity contribution in [2.75, 3.05) is 33.0 Å². The number of rotatable bonds is 9. The summed E-state index contributed by atoms with van der Waals surface area (Å²) >= 11 is 0. The molecule has 0 aliphatic carbocycles. The van der Waals surface area contributed by atoms with Crippen molar-refractivity contribution >= 4 is 5.91 Å². The molecule has 0 spiro atoms. The molecule has 2 aromatic carbocycles. The fraction of sp³-hybridized carbons (Fsp3) is 0.448. The summed E-state index contributed by atoms with van der Waals surface area (Å²) in [6, 6.07) is 16.5. The van der Waals surface area contributed by atoms with Crippen molar-refractivity contribution in [3.63, 3.8) is 0 Å². The van der Waals surface area contributed by atoms with E-state index in [1.165, 1.54) is 12.1 Å². The molecule has 3 aromatic rings. The molecule has 37 heavy (non-hydrogen) atoms. The maximum atomic E-state index is 13.6. The fourth-order valence-corrected chi connectivity index (χ4v) is 5.18. The lowest BCUT2D eigenvalue weighted by Gasteiger charge is -2.39. The van der Waals surface area contributed by atoms with E-state index in [0.717, 1.165) is 68.7 Å². The molecule has 0 N–H and O–H groups in total. The molecule has 1 unspecified atom stereocenters. The van der Waals surface area contributed by atoms with Gasteiger partial charge in [-0.1, -0.05) is 24.3 Å². The average molecular weight is 507 g/mol. The molecule has 8 heteroatoms. The molecule has 7 nitrogen and oxygen atoms in total. The molecular formula is C29H35FN4O3. The van der Waals surface area contributed by atoms with Crippen LogP contribution in [0.25, 0.3) is 5.69 Å². The maximum absolute atomic E-state index is 13.6. The van der Waals surface area contributed by atoms with Crippen LogP contribution in [0.3, 0.4) is 0 Å². The Morgan fingerprint density at radius 1 is 1.03 bits per heavy atom. The van der Waals surface area contributed by atoms with Gasteiger partial charge >= 0.3 is 0 Å². The van der Waals surface area contributed by atoms with Crippen LogP contribution in [0.15, 0.2) is 67.0 Å². The van der Waals surface area contributed by atoms with E-state index in [-0.39, 0.29) is 23.9 Å². The van der Waals surface area contributed by atoms with Gasteiger partial charge in [0.05, 0.1) is 24.8 Å². The van der Waals surface area contributed by atoms with Gasteiger partial charge in [0.25, 0.3) is 0 Å². The number of hydrogen-bond donors (Lipinski definition) is 0. The van der Waals surface area contributed by atoms with E-state index >= 15 is 0 Å². The third-order valence-electron chi connectivity index (χ3n) is 7.38. The van der Waals surface area contributed by atoms with Gasteiger partial charge in [0.15, 0.2) is 0 Å². The van der Waals surface area contributed by atoms with Crippen LogP contribution in [0, 0.1) is 5.82 Å². The van der Waals surface area contributed by atoms with Crippen molar-refractivity contribution < 1.29 is 18.7 Å². The van der Waals surface area contributed by atoms with Crippen molar-refractivity contribution in [3.8, 4) is 5.69 Å². The van der Waals surface area contributed by atoms with Crippen molar-refractivity contribution in [2.24, 2.45) is 0 Å². The average Bonchev–Trinajstić information content (AvgIpc) is 3.48. The number of likely N-dealkylation sites (tertiary alicyclic amines) is 1. The minimum absolute atomic E-state index is 0.102. The summed E-state index contributed by atoms with van der Waals surface area (Å²) in [4.78, 5) is 18.1. The number of nitrogens with zero attached hydrogens (tertiary/aromatic N) is 4. The largest absolute Gasteiger partial charge is 0.355 e. The predicted octanol–water partition coefficient (Wildman–Crippen LogP) is 4.20. The van der Waals surface area contributed by atoms with Gasteiger partial charge in [0.2, 0.25) is 5.91 Å². The van der Waals surface area contributed by atoms with Crippen molar-refractivity contribution in [2.45, 2.75) is 50.8 Å². The highest BCUT2D eigenvalue weighted by atomic mass is 19.1. The number of carbonyl (C=O) groups is 1. The molecular weight excluding hydrogens is 471 g/mol. The van der Waals surface area contributed by atoms with Gasteiger partial charge in [0, 0.05) is 44.6 Å². The third kappa shape index (κ3) is 7.03. The number of amides is 1. The number of halogens is 1. The molecule has 1 atom stereocenters. The zero-order valence-corrected chi connectivity index (χ0v) is 21.2. The van der Waals surface area contributed by atoms with E-state index in [1.807, 2.05) is 41.4 Å². The quantitative estimate of drug-likeness (QED) is 0.435. The lowest BCUT2D eigenvalue weighted by Crippen LogP contribution is -2.48. The molecule has 2 fully saturated rings. The van der Waals surface area contributed by atoms with Gasteiger partial charge in [0.1, 0.15) is 12.6 Å². The Morgan fingerprint density at radius 2 is 1.78 bits per heavy atom. The highest BCUT2D eigenvalue weighted by Gasteiger charge is 2.28. The molecule has 2 aliphatic rings. The van der Waals surface area contributed by atoms with Gasteiger partial charge < -0.3 is 19.3 Å². The monoisotopic (exact) mass is 506 g/mol. The van der Waals surface area contributed by atoms with E-state index in [2.05, 4.69) is 10.00 Å². The van der Waals surface area contributed by atoms with Crippen molar-refractivity contribution in [1.82, 2.24) is 19.6 Å². The summed E-state index contributed by atoms with van der Waals surface area (Å²) in [5, 5.41) is 4.26. The summed E-state index contributed by atoms with van der Waals surface area (Å²) in [5.74, 6) is -0.161. The minimum atomic E-state index is -0.263. The topological polar surface area (TPSA) is 59.8 Å². The summed E-state index contributed by atoms with van der Waals surface area (Å²) in [6.45, 7) is 4.59. The normalized spacial score (nSPS) is 19.1. The molecule has 0 radical (unpaired) electrons. The molecule has 196 valence electrons. The lowest BCUT2D eigenvalue weighted by atomic mass is 10.00. The summed E-state index contributed by atoms with van der Waals surface area (Å²) in [7, 11) is 0. The van der Waals surface area contributed by atoms with Crippen molar-refractivity contribution in [3.05, 3.63) is 83.9 Å². The molecule has 0 saturated carbocycles. The Balaban J connectivity index is 1.21. The van der Waals surface area contributed by atoms with Gasteiger partial charge in [-0.05, 0) is 67.1 Å². The Kier molecular flexibility index (Phi) is 8.61. The summed E-state index contributed by atoms with van der Waals surface area (Å²) < 4.78 is 26.3. The first-order valence-electron chi connectivity index (χ1n) is 13.2. The Bertz CT molecular complexity index is 1110. The van der Waals surface area contributed by atoms with Crippen LogP contribution in [-0.2, 0) is 27.2 Å². The Labute approximate surface area is 217 Å². The second kappa shape index (κ2) is 12.4. The number of ether oxygens (including phenoxy) is 2. The van der Waals surface area contributed by atoms with Crippen LogP contribution in [0.5, 0.6) is 0 Å². The first kappa shape index (κ1) is 25.6.